The molecule has 1 saturated heterocycles. The maximum atomic E-state index is 12.9. The van der Waals surface area contributed by atoms with E-state index >= 15 is 0 Å². The molecule has 1 saturated carbocycles. The van der Waals surface area contributed by atoms with E-state index in [1.165, 1.54) is 0 Å². The van der Waals surface area contributed by atoms with Crippen LogP contribution < -0.4 is 0 Å². The number of aliphatic hydroxyl groups is 1. The summed E-state index contributed by atoms with van der Waals surface area (Å²) >= 11 is 0. The van der Waals surface area contributed by atoms with Gasteiger partial charge in [0.05, 0.1) is 12.3 Å². The van der Waals surface area contributed by atoms with Gasteiger partial charge in [-0.1, -0.05) is 35.5 Å². The van der Waals surface area contributed by atoms with Crippen LogP contribution in [0.5, 0.6) is 0 Å². The Labute approximate surface area is 160 Å². The van der Waals surface area contributed by atoms with E-state index in [1.54, 1.807) is 0 Å². The van der Waals surface area contributed by atoms with E-state index in [0.29, 0.717) is 5.92 Å². The maximum Gasteiger partial charge on any atom is 0.225 e. The van der Waals surface area contributed by atoms with E-state index in [9.17, 15) is 9.90 Å². The zero-order valence-electron chi connectivity index (χ0n) is 15.7. The number of hydrogen-bond donors (Lipinski definition) is 1. The molecule has 0 radical (unpaired) electrons. The Hall–Kier alpha value is -2.21. The highest BCUT2D eigenvalue weighted by atomic mass is 16.3. The third kappa shape index (κ3) is 4.38. The van der Waals surface area contributed by atoms with Crippen molar-refractivity contribution in [3.05, 3.63) is 36.5 Å². The monoisotopic (exact) mass is 368 g/mol. The molecule has 2 aromatic rings. The molecule has 6 heteroatoms. The summed E-state index contributed by atoms with van der Waals surface area (Å²) in [6.45, 7) is 2.46. The molecule has 0 unspecified atom stereocenters. The lowest BCUT2D eigenvalue weighted by Crippen LogP contribution is -2.44. The number of rotatable bonds is 4. The lowest BCUT2D eigenvalue weighted by Gasteiger charge is -2.36. The Morgan fingerprint density at radius 3 is 2.67 bits per heavy atom. The van der Waals surface area contributed by atoms with Crippen LogP contribution in [0.1, 0.15) is 38.5 Å². The summed E-state index contributed by atoms with van der Waals surface area (Å²) in [5.74, 6) is 0.806. The molecule has 4 rings (SSSR count). The second kappa shape index (κ2) is 8.21. The average molecular weight is 368 g/mol. The zero-order chi connectivity index (χ0) is 18.6. The van der Waals surface area contributed by atoms with E-state index in [1.807, 2.05) is 46.1 Å². The van der Waals surface area contributed by atoms with Crippen molar-refractivity contribution < 1.29 is 9.90 Å². The number of likely N-dealkylation sites (tertiary alicyclic amines) is 1. The molecular formula is C21H28N4O2. The Bertz CT molecular complexity index is 753. The van der Waals surface area contributed by atoms with E-state index in [-0.39, 0.29) is 17.9 Å². The summed E-state index contributed by atoms with van der Waals surface area (Å²) in [6.07, 6.45) is 7.12. The molecule has 2 heterocycles. The fraction of sp³-hybridized carbons (Fsp3) is 0.571. The molecule has 1 amide bonds. The number of aliphatic hydroxyl groups excluding tert-OH is 1. The molecule has 144 valence electrons. The third-order valence-electron chi connectivity index (χ3n) is 5.93. The molecule has 1 aromatic carbocycles. The van der Waals surface area contributed by atoms with Crippen LogP contribution in [0.25, 0.3) is 11.3 Å². The van der Waals surface area contributed by atoms with Gasteiger partial charge in [0.15, 0.2) is 0 Å². The molecule has 1 aliphatic carbocycles. The van der Waals surface area contributed by atoms with E-state index in [4.69, 9.17) is 0 Å². The number of carbonyl (C=O) groups excluding carboxylic acids is 1. The predicted octanol–water partition coefficient (Wildman–Crippen LogP) is 2.73. The van der Waals surface area contributed by atoms with Gasteiger partial charge >= 0.3 is 0 Å². The van der Waals surface area contributed by atoms with Gasteiger partial charge in [-0.3, -0.25) is 9.48 Å². The summed E-state index contributed by atoms with van der Waals surface area (Å²) in [5, 5.41) is 18.3. The fourth-order valence-corrected chi connectivity index (χ4v) is 4.39. The summed E-state index contributed by atoms with van der Waals surface area (Å²) in [5.41, 5.74) is 1.96. The van der Waals surface area contributed by atoms with E-state index in [2.05, 4.69) is 10.3 Å². The molecule has 2 aliphatic rings. The number of benzene rings is 1. The minimum atomic E-state index is -0.214. The summed E-state index contributed by atoms with van der Waals surface area (Å²) < 4.78 is 1.91. The Morgan fingerprint density at radius 2 is 1.89 bits per heavy atom. The van der Waals surface area contributed by atoms with Crippen molar-refractivity contribution in [1.82, 2.24) is 19.9 Å². The van der Waals surface area contributed by atoms with Gasteiger partial charge in [0.2, 0.25) is 5.91 Å². The van der Waals surface area contributed by atoms with Crippen LogP contribution in [0.4, 0.5) is 0 Å². The van der Waals surface area contributed by atoms with Crippen LogP contribution in [0.15, 0.2) is 36.5 Å². The first-order valence-corrected chi connectivity index (χ1v) is 10.1. The lowest BCUT2D eigenvalue weighted by molar-refractivity contribution is -0.139. The summed E-state index contributed by atoms with van der Waals surface area (Å²) in [6, 6.07) is 10.1. The standard InChI is InChI=1S/C21H28N4O2/c26-19-10-8-18(9-11-19)21(27)24-12-4-5-16(13-24)14-25-15-20(22-23-25)17-6-2-1-3-7-17/h1-3,6-7,15-16,18-19,26H,4-5,8-14H2/t16-,18?,19?/m0/s1. The van der Waals surface area contributed by atoms with E-state index in [0.717, 1.165) is 69.4 Å². The van der Waals surface area contributed by atoms with Crippen molar-refractivity contribution in [1.29, 1.82) is 0 Å². The van der Waals surface area contributed by atoms with Crippen LogP contribution in [0.2, 0.25) is 0 Å². The van der Waals surface area contributed by atoms with Crippen LogP contribution in [-0.2, 0) is 11.3 Å². The highest BCUT2D eigenvalue weighted by molar-refractivity contribution is 5.79. The zero-order valence-corrected chi connectivity index (χ0v) is 15.7. The summed E-state index contributed by atoms with van der Waals surface area (Å²) in [7, 11) is 0. The van der Waals surface area contributed by atoms with Gasteiger partial charge in [0.1, 0.15) is 5.69 Å². The van der Waals surface area contributed by atoms with Crippen molar-refractivity contribution in [3.8, 4) is 11.3 Å². The number of hydrogen-bond acceptors (Lipinski definition) is 4. The number of amides is 1. The van der Waals surface area contributed by atoms with Gasteiger partial charge in [0, 0.05) is 31.1 Å². The van der Waals surface area contributed by atoms with Gasteiger partial charge in [0.25, 0.3) is 0 Å². The van der Waals surface area contributed by atoms with Crippen molar-refractivity contribution in [2.45, 2.75) is 51.2 Å². The quantitative estimate of drug-likeness (QED) is 0.901. The van der Waals surface area contributed by atoms with Crippen molar-refractivity contribution >= 4 is 5.91 Å². The molecule has 0 bridgehead atoms. The van der Waals surface area contributed by atoms with Gasteiger partial charge in [-0.05, 0) is 44.4 Å². The normalized spacial score (nSPS) is 26.1. The summed E-state index contributed by atoms with van der Waals surface area (Å²) in [4.78, 5) is 14.9. The van der Waals surface area contributed by atoms with Crippen molar-refractivity contribution in [3.63, 3.8) is 0 Å². The Kier molecular flexibility index (Phi) is 5.53. The first-order chi connectivity index (χ1) is 13.2. The SMILES string of the molecule is O=C(C1CCC(O)CC1)N1CCC[C@H](Cn2cc(-c3ccccc3)nn2)C1. The average Bonchev–Trinajstić information content (AvgIpc) is 3.17. The Morgan fingerprint density at radius 1 is 1.11 bits per heavy atom. The molecule has 2 fully saturated rings. The minimum absolute atomic E-state index is 0.100. The molecule has 1 aromatic heterocycles. The second-order valence-corrected chi connectivity index (χ2v) is 7.99. The maximum absolute atomic E-state index is 12.9. The number of piperidine rings is 1. The first kappa shape index (κ1) is 18.2. The molecule has 1 atom stereocenters. The van der Waals surface area contributed by atoms with Crippen molar-refractivity contribution in [2.24, 2.45) is 11.8 Å². The van der Waals surface area contributed by atoms with E-state index < -0.39 is 0 Å². The second-order valence-electron chi connectivity index (χ2n) is 7.99. The molecule has 1 aliphatic heterocycles. The smallest absolute Gasteiger partial charge is 0.225 e. The first-order valence-electron chi connectivity index (χ1n) is 10.1. The number of carbonyl (C=O) groups is 1. The van der Waals surface area contributed by atoms with Gasteiger partial charge in [-0.2, -0.15) is 0 Å². The van der Waals surface area contributed by atoms with Crippen LogP contribution in [0.3, 0.4) is 0 Å². The molecule has 27 heavy (non-hydrogen) atoms. The lowest BCUT2D eigenvalue weighted by atomic mass is 9.85. The van der Waals surface area contributed by atoms with Crippen LogP contribution in [0, 0.1) is 11.8 Å². The number of aromatic nitrogens is 3. The molecule has 6 nitrogen and oxygen atoms in total. The Balaban J connectivity index is 1.35. The number of nitrogens with zero attached hydrogens (tertiary/aromatic N) is 4. The van der Waals surface area contributed by atoms with Crippen LogP contribution >= 0.6 is 0 Å². The predicted molar refractivity (Wildman–Crippen MR) is 103 cm³/mol. The van der Waals surface area contributed by atoms with Crippen molar-refractivity contribution in [2.75, 3.05) is 13.1 Å². The van der Waals surface area contributed by atoms with Crippen LogP contribution in [-0.4, -0.2) is 50.1 Å². The van der Waals surface area contributed by atoms with Gasteiger partial charge in [-0.15, -0.1) is 5.10 Å². The fourth-order valence-electron chi connectivity index (χ4n) is 4.39. The highest BCUT2D eigenvalue weighted by Gasteiger charge is 2.31. The molecule has 0 spiro atoms. The van der Waals surface area contributed by atoms with Gasteiger partial charge in [-0.25, -0.2) is 0 Å². The topological polar surface area (TPSA) is 71.2 Å². The third-order valence-corrected chi connectivity index (χ3v) is 5.93. The largest absolute Gasteiger partial charge is 0.393 e. The highest BCUT2D eigenvalue weighted by Crippen LogP contribution is 2.28. The molecule has 1 N–H and O–H groups in total. The molecular weight excluding hydrogens is 340 g/mol. The minimum Gasteiger partial charge on any atom is -0.393 e. The van der Waals surface area contributed by atoms with Gasteiger partial charge < -0.3 is 10.0 Å².